The average molecular weight is 1200 g/mol. The number of carbonyl (C=O) groups excluding carboxylic acids is 6. The van der Waals surface area contributed by atoms with Crippen LogP contribution >= 0.6 is 0 Å². The average Bonchev–Trinajstić information content (AvgIpc) is 4.02. The summed E-state index contributed by atoms with van der Waals surface area (Å²) in [5, 5.41) is 0. The van der Waals surface area contributed by atoms with E-state index < -0.39 is 51.4 Å². The second kappa shape index (κ2) is 32.7. The van der Waals surface area contributed by atoms with Crippen LogP contribution in [0.25, 0.3) is 0 Å². The van der Waals surface area contributed by atoms with Gasteiger partial charge in [0.2, 0.25) is 16.1 Å². The molecule has 0 aromatic rings. The number of hydrogen-bond donors (Lipinski definition) is 0. The molecule has 0 aromatic heterocycles. The Bertz CT molecular complexity index is 2140. The van der Waals surface area contributed by atoms with Crippen LogP contribution in [0.15, 0.2) is 0 Å². The lowest BCUT2D eigenvalue weighted by Gasteiger charge is -2.60. The molecule has 0 radical (unpaired) electrons. The number of esters is 5. The third kappa shape index (κ3) is 18.0. The Balaban J connectivity index is -0.000000496. The van der Waals surface area contributed by atoms with Crippen LogP contribution in [0.4, 0.5) is 0 Å². The molecule has 9 fully saturated rings. The molecule has 494 valence electrons. The van der Waals surface area contributed by atoms with E-state index in [0.717, 1.165) is 73.9 Å². The Labute approximate surface area is 511 Å². The van der Waals surface area contributed by atoms with Crippen molar-refractivity contribution >= 4 is 45.8 Å². The minimum Gasteiger partial charge on any atom is -0.463 e. The molecule has 15 heteroatoms. The van der Waals surface area contributed by atoms with E-state index in [-0.39, 0.29) is 122 Å². The number of sulfonamides is 1. The molecule has 0 aromatic carbocycles. The lowest BCUT2D eigenvalue weighted by Crippen LogP contribution is -2.60. The lowest BCUT2D eigenvalue weighted by atomic mass is 9.49. The summed E-state index contributed by atoms with van der Waals surface area (Å²) < 4.78 is 53.6. The fourth-order valence-corrected chi connectivity index (χ4v) is 16.2. The Hall–Kier alpha value is -3.23. The zero-order valence-corrected chi connectivity index (χ0v) is 50.3. The van der Waals surface area contributed by atoms with E-state index in [9.17, 15) is 37.2 Å². The van der Waals surface area contributed by atoms with Gasteiger partial charge in [-0.1, -0.05) is 121 Å². The minimum atomic E-state index is -3.66. The summed E-state index contributed by atoms with van der Waals surface area (Å²) >= 11 is 0. The van der Waals surface area contributed by atoms with Crippen molar-refractivity contribution in [2.24, 2.45) is 62.1 Å². The summed E-state index contributed by atoms with van der Waals surface area (Å²) in [5.41, 5.74) is -2.59. The summed E-state index contributed by atoms with van der Waals surface area (Å²) in [4.78, 5) is 72.1. The van der Waals surface area contributed by atoms with Gasteiger partial charge in [-0.15, -0.1) is 0 Å². The summed E-state index contributed by atoms with van der Waals surface area (Å²) in [6.07, 6.45) is 19.8. The molecule has 0 N–H and O–H groups in total. The summed E-state index contributed by atoms with van der Waals surface area (Å²) in [5.74, 6) is 1.81. The number of ether oxygens (including phenoxy) is 5. The molecule has 7 saturated carbocycles. The summed E-state index contributed by atoms with van der Waals surface area (Å²) in [7, 11) is -3.66. The number of rotatable bonds is 15. The van der Waals surface area contributed by atoms with Crippen molar-refractivity contribution in [2.75, 3.05) is 19.0 Å². The van der Waals surface area contributed by atoms with Crippen molar-refractivity contribution in [1.82, 2.24) is 4.31 Å². The predicted molar refractivity (Wildman–Crippen MR) is 343 cm³/mol. The normalized spacial score (nSPS) is 28.5. The molecule has 83 heavy (non-hydrogen) atoms. The van der Waals surface area contributed by atoms with E-state index in [2.05, 4.69) is 34.6 Å². The number of cyclic esters (lactones) is 1. The van der Waals surface area contributed by atoms with Crippen molar-refractivity contribution < 1.29 is 60.9 Å². The van der Waals surface area contributed by atoms with Crippen LogP contribution in [0.3, 0.4) is 0 Å². The van der Waals surface area contributed by atoms with E-state index in [4.69, 9.17) is 23.7 Å². The maximum absolute atomic E-state index is 12.7. The number of nitrogens with zero attached hydrogens (tertiary/aromatic N) is 1. The van der Waals surface area contributed by atoms with Gasteiger partial charge in [-0.25, -0.2) is 17.5 Å². The van der Waals surface area contributed by atoms with Crippen molar-refractivity contribution in [1.29, 1.82) is 0 Å². The Morgan fingerprint density at radius 3 is 1.42 bits per heavy atom. The molecule has 2 heterocycles. The minimum absolute atomic E-state index is 0. The summed E-state index contributed by atoms with van der Waals surface area (Å²) in [6.45, 7) is 31.5. The lowest BCUT2D eigenvalue weighted by molar-refractivity contribution is -0.218. The third-order valence-electron chi connectivity index (χ3n) is 20.9. The van der Waals surface area contributed by atoms with Gasteiger partial charge in [-0.2, -0.15) is 0 Å². The maximum Gasteiger partial charge on any atom is 0.347 e. The van der Waals surface area contributed by atoms with Crippen LogP contribution < -0.4 is 0 Å². The zero-order chi connectivity index (χ0) is 56.4. The van der Waals surface area contributed by atoms with E-state index >= 15 is 0 Å². The number of fused-ring (bicyclic) bond motifs is 1. The molecule has 14 nitrogen and oxygen atoms in total. The second-order valence-corrected chi connectivity index (χ2v) is 29.0. The number of carbonyl (C=O) groups is 6. The monoisotopic (exact) mass is 1200 g/mol. The molecule has 4 unspecified atom stereocenters. The van der Waals surface area contributed by atoms with Gasteiger partial charge < -0.3 is 23.7 Å². The highest BCUT2D eigenvalue weighted by molar-refractivity contribution is 7.90. The van der Waals surface area contributed by atoms with E-state index in [1.807, 2.05) is 48.5 Å². The highest BCUT2D eigenvalue weighted by atomic mass is 32.2. The molecule has 1 amide bonds. The van der Waals surface area contributed by atoms with Gasteiger partial charge in [-0.05, 0) is 206 Å². The van der Waals surface area contributed by atoms with Crippen LogP contribution in [0.2, 0.25) is 0 Å². The van der Waals surface area contributed by atoms with Gasteiger partial charge in [0.1, 0.15) is 11.2 Å². The molecular formula is C68H133NO13S. The summed E-state index contributed by atoms with van der Waals surface area (Å²) in [6, 6.07) is -0.281. The van der Waals surface area contributed by atoms with Crippen LogP contribution in [0.5, 0.6) is 0 Å². The fourth-order valence-electron chi connectivity index (χ4n) is 13.6. The fraction of sp³-hybridized carbons (Fsp3) is 0.912. The van der Waals surface area contributed by atoms with Crippen molar-refractivity contribution in [3.05, 3.63) is 0 Å². The molecule has 9 rings (SSSR count). The van der Waals surface area contributed by atoms with Gasteiger partial charge in [0, 0.05) is 11.8 Å². The third-order valence-corrected chi connectivity index (χ3v) is 22.9. The molecule has 9 aliphatic rings. The van der Waals surface area contributed by atoms with Crippen molar-refractivity contribution in [3.8, 4) is 0 Å². The van der Waals surface area contributed by atoms with Crippen molar-refractivity contribution in [3.63, 3.8) is 0 Å². The topological polar surface area (TPSA) is 186 Å². The Morgan fingerprint density at radius 2 is 1.01 bits per heavy atom. The molecule has 1 spiro atoms. The first-order chi connectivity index (χ1) is 34.7. The standard InChI is InChI=1S/C18H29NO5S.C18H30O2.C14H26O2.C10H16O4.8CH4/c1-6-16(2,3)15(21)24-10-14(20)19-13-9-12-7-8-18(13,17(12,4)5)11-25(19,22)23;1-5-17(3,4)16(19)20-18(6-2)14-8-12-7-13(10-14)11-15(18)9-12;1-5-13(3,4)12(15)16-14(6-2)10-8-7-9-11-14;1-4-10(2,3)9(12)14-7-5-6-13-8(7)11;;;;;;;;/h12-13H,6-11H2,1-5H3;12-15H,5-11H2,1-4H3;5-11H2,1-4H3;7H,4-6H2,1-3H3;8*1H4. The molecular weight excluding hydrogens is 1070 g/mol. The quantitative estimate of drug-likeness (QED) is 0.111. The van der Waals surface area contributed by atoms with Crippen LogP contribution in [0.1, 0.15) is 299 Å². The van der Waals surface area contributed by atoms with Gasteiger partial charge in [0.05, 0.1) is 40.1 Å². The molecule has 7 aliphatic carbocycles. The molecule has 4 atom stereocenters. The van der Waals surface area contributed by atoms with Crippen LogP contribution in [-0.4, -0.2) is 90.8 Å². The van der Waals surface area contributed by atoms with Crippen LogP contribution in [-0.2, 0) is 62.5 Å². The first kappa shape index (κ1) is 86.2. The first-order valence-electron chi connectivity index (χ1n) is 29.3. The SMILES string of the molecule is C.C.C.C.C.C.C.C.CCC(C)(C)C(=O)OC1(CC)C2CC3CC(C2)CC1C3.CCC(C)(C)C(=O)OC1CCOC1=O.CCC(C)(C)C(=O)OCC(=O)N1C2CC3CCC2(CS1(=O)=O)C3(C)C.CCC1(OC(=O)C(C)(C)CC)CCCCC1. The van der Waals surface area contributed by atoms with Gasteiger partial charge >= 0.3 is 29.8 Å². The van der Waals surface area contributed by atoms with E-state index in [1.165, 1.54) is 51.4 Å². The van der Waals surface area contributed by atoms with E-state index in [0.29, 0.717) is 43.6 Å². The Kier molecular flexibility index (Phi) is 33.9. The van der Waals surface area contributed by atoms with Gasteiger partial charge in [0.25, 0.3) is 5.91 Å². The highest BCUT2D eigenvalue weighted by Crippen LogP contribution is 2.70. The largest absolute Gasteiger partial charge is 0.463 e. The number of hydrogen-bond acceptors (Lipinski definition) is 13. The van der Waals surface area contributed by atoms with Crippen LogP contribution in [0, 0.1) is 62.1 Å². The zero-order valence-electron chi connectivity index (χ0n) is 49.5. The second-order valence-electron chi connectivity index (χ2n) is 27.2. The van der Waals surface area contributed by atoms with Crippen molar-refractivity contribution in [2.45, 2.75) is 322 Å². The maximum atomic E-state index is 12.7. The predicted octanol–water partition coefficient (Wildman–Crippen LogP) is 17.4. The van der Waals surface area contributed by atoms with Gasteiger partial charge in [0.15, 0.2) is 6.61 Å². The van der Waals surface area contributed by atoms with E-state index in [1.54, 1.807) is 27.7 Å². The first-order valence-corrected chi connectivity index (χ1v) is 30.9. The van der Waals surface area contributed by atoms with Gasteiger partial charge in [-0.3, -0.25) is 24.0 Å². The highest BCUT2D eigenvalue weighted by Gasteiger charge is 2.72. The number of amides is 1. The Morgan fingerprint density at radius 1 is 0.566 bits per heavy atom. The molecule has 2 aliphatic heterocycles. The smallest absolute Gasteiger partial charge is 0.347 e. The molecule has 2 saturated heterocycles. The molecule has 6 bridgehead atoms.